The average Bonchev–Trinajstić information content (AvgIpc) is 2.30. The molecular weight excluding hydrogens is 395 g/mol. The van der Waals surface area contributed by atoms with Crippen LogP contribution in [0.4, 0.5) is 0 Å². The summed E-state index contributed by atoms with van der Waals surface area (Å²) in [6.45, 7) is 0. The van der Waals surface area contributed by atoms with E-state index in [1.807, 2.05) is 0 Å². The first-order valence-electron chi connectivity index (χ1n) is 4.57. The van der Waals surface area contributed by atoms with Crippen molar-refractivity contribution in [3.8, 4) is 0 Å². The van der Waals surface area contributed by atoms with Gasteiger partial charge in [0, 0.05) is 0 Å². The molecule has 0 aromatic heterocycles. The van der Waals surface area contributed by atoms with Gasteiger partial charge in [-0.05, 0) is 0 Å². The van der Waals surface area contributed by atoms with E-state index in [0.29, 0.717) is 0 Å². The van der Waals surface area contributed by atoms with Gasteiger partial charge in [-0.25, -0.2) is 0 Å². The molecule has 0 aliphatic heterocycles. The van der Waals surface area contributed by atoms with Crippen LogP contribution in [-0.4, -0.2) is 10.1 Å². The van der Waals surface area contributed by atoms with Crippen molar-refractivity contribution in [3.63, 3.8) is 0 Å². The zero-order valence-corrected chi connectivity index (χ0v) is 13.5. The van der Waals surface area contributed by atoms with Crippen LogP contribution in [-0.2, 0) is 21.3 Å². The summed E-state index contributed by atoms with van der Waals surface area (Å²) in [6.07, 6.45) is 0. The molecule has 0 bridgehead atoms. The Morgan fingerprint density at radius 1 is 0.643 bits per heavy atom. The molecule has 0 N–H and O–H groups in total. The van der Waals surface area contributed by atoms with E-state index in [4.69, 9.17) is 0 Å². The van der Waals surface area contributed by atoms with Gasteiger partial charge in [0.2, 0.25) is 0 Å². The molecule has 2 aromatic rings. The molecular formula is C12H10GeHf+2. The number of benzene rings is 2. The SMILES string of the molecule is [Hf+2]=[Ge]([c]1ccccc1)[c]1ccccc1. The van der Waals surface area contributed by atoms with Crippen LogP contribution < -0.4 is 8.79 Å². The second-order valence-electron chi connectivity index (χ2n) is 3.11. The van der Waals surface area contributed by atoms with Crippen molar-refractivity contribution >= 4 is 18.8 Å². The molecule has 2 rings (SSSR count). The quantitative estimate of drug-likeness (QED) is 0.662. The molecule has 0 fully saturated rings. The molecule has 0 atom stereocenters. The van der Waals surface area contributed by atoms with Crippen molar-refractivity contribution in [2.45, 2.75) is 0 Å². The summed E-state index contributed by atoms with van der Waals surface area (Å²) in [6, 6.07) is 22.0. The predicted molar refractivity (Wildman–Crippen MR) is 57.9 cm³/mol. The summed E-state index contributed by atoms with van der Waals surface area (Å²) in [5.74, 6) is 0. The molecule has 0 nitrogen and oxygen atoms in total. The van der Waals surface area contributed by atoms with Gasteiger partial charge in [-0.3, -0.25) is 0 Å². The third-order valence-corrected chi connectivity index (χ3v) is 16.7. The maximum absolute atomic E-state index is 2.29. The first-order valence-corrected chi connectivity index (χ1v) is 17.1. The Kier molecular flexibility index (Phi) is 3.76. The first kappa shape index (κ1) is 10.4. The Morgan fingerprint density at radius 2 is 1.00 bits per heavy atom. The van der Waals surface area contributed by atoms with Gasteiger partial charge >= 0.3 is 101 Å². The Labute approximate surface area is 100 Å². The fraction of sp³-hybridized carbons (Fsp3) is 0. The van der Waals surface area contributed by atoms with E-state index in [-0.39, 0.29) is 0 Å². The third kappa shape index (κ3) is 2.45. The summed E-state index contributed by atoms with van der Waals surface area (Å²) in [4.78, 5) is 0. The fourth-order valence-electron chi connectivity index (χ4n) is 1.38. The Bertz CT molecular complexity index is 381. The monoisotopic (exact) mass is 408 g/mol. The number of hydrogen-bond acceptors (Lipinski definition) is 0. The summed E-state index contributed by atoms with van der Waals surface area (Å²) in [5.41, 5.74) is 0. The molecule has 2 heteroatoms. The summed E-state index contributed by atoms with van der Waals surface area (Å²) >= 11 is 1.33. The van der Waals surface area contributed by atoms with Crippen LogP contribution in [0.5, 0.6) is 0 Å². The van der Waals surface area contributed by atoms with Gasteiger partial charge in [0.15, 0.2) is 0 Å². The van der Waals surface area contributed by atoms with Gasteiger partial charge in [-0.2, -0.15) is 0 Å². The van der Waals surface area contributed by atoms with Crippen LogP contribution in [0.1, 0.15) is 0 Å². The normalized spacial score (nSPS) is 9.86. The van der Waals surface area contributed by atoms with Crippen molar-refractivity contribution in [1.82, 2.24) is 0 Å². The van der Waals surface area contributed by atoms with Gasteiger partial charge in [-0.15, -0.1) is 0 Å². The standard InChI is InChI=1S/C12H10Ge.Hf/c1-3-7-11(8-4-1)13-12-9-5-2-6-10-12;/h1-10H;/q;+2. The van der Waals surface area contributed by atoms with E-state index in [9.17, 15) is 0 Å². The van der Waals surface area contributed by atoms with E-state index in [1.165, 1.54) is 21.3 Å². The summed E-state index contributed by atoms with van der Waals surface area (Å²) in [7, 11) is -1.06. The molecule has 0 saturated heterocycles. The predicted octanol–water partition coefficient (Wildman–Crippen LogP) is 1.34. The van der Waals surface area contributed by atoms with Crippen molar-refractivity contribution in [2.24, 2.45) is 0 Å². The van der Waals surface area contributed by atoms with Crippen molar-refractivity contribution in [3.05, 3.63) is 60.7 Å². The maximum atomic E-state index is 2.29. The van der Waals surface area contributed by atoms with Gasteiger partial charge in [0.1, 0.15) is 0 Å². The second-order valence-corrected chi connectivity index (χ2v) is 16.4. The number of hydrogen-bond donors (Lipinski definition) is 0. The minimum atomic E-state index is -1.06. The van der Waals surface area contributed by atoms with Crippen molar-refractivity contribution < 1.29 is 21.3 Å². The van der Waals surface area contributed by atoms with Crippen LogP contribution in [0.2, 0.25) is 0 Å². The van der Waals surface area contributed by atoms with E-state index < -0.39 is 10.1 Å². The van der Waals surface area contributed by atoms with Crippen molar-refractivity contribution in [2.75, 3.05) is 0 Å². The third-order valence-electron chi connectivity index (χ3n) is 2.12. The minimum absolute atomic E-state index is 1.06. The molecule has 0 spiro atoms. The molecule has 64 valence electrons. The fourth-order valence-corrected chi connectivity index (χ4v) is 10.5. The first-order chi connectivity index (χ1) is 6.88. The van der Waals surface area contributed by atoms with Crippen LogP contribution >= 0.6 is 0 Å². The van der Waals surface area contributed by atoms with E-state index in [1.54, 1.807) is 8.79 Å². The topological polar surface area (TPSA) is 0 Å². The Hall–Kier alpha value is -0.147. The van der Waals surface area contributed by atoms with Gasteiger partial charge in [-0.1, -0.05) is 0 Å². The molecule has 0 radical (unpaired) electrons. The Morgan fingerprint density at radius 3 is 1.36 bits per heavy atom. The molecule has 0 unspecified atom stereocenters. The summed E-state index contributed by atoms with van der Waals surface area (Å²) in [5, 5.41) is 0. The van der Waals surface area contributed by atoms with Gasteiger partial charge < -0.3 is 0 Å². The number of rotatable bonds is 2. The van der Waals surface area contributed by atoms with Crippen LogP contribution in [0.25, 0.3) is 0 Å². The van der Waals surface area contributed by atoms with Gasteiger partial charge in [0.25, 0.3) is 0 Å². The van der Waals surface area contributed by atoms with Crippen LogP contribution in [0, 0.1) is 0 Å². The molecule has 2 aromatic carbocycles. The van der Waals surface area contributed by atoms with Gasteiger partial charge in [0.05, 0.1) is 0 Å². The second kappa shape index (κ2) is 5.08. The van der Waals surface area contributed by atoms with Crippen LogP contribution in [0.15, 0.2) is 60.7 Å². The molecule has 0 amide bonds. The van der Waals surface area contributed by atoms with Crippen molar-refractivity contribution in [1.29, 1.82) is 0 Å². The molecule has 0 aliphatic rings. The molecule has 0 saturated carbocycles. The van der Waals surface area contributed by atoms with E-state index in [2.05, 4.69) is 60.7 Å². The zero-order chi connectivity index (χ0) is 9.80. The summed E-state index contributed by atoms with van der Waals surface area (Å²) < 4.78 is 3.20. The average molecular weight is 405 g/mol. The van der Waals surface area contributed by atoms with E-state index in [0.717, 1.165) is 0 Å². The molecule has 0 aliphatic carbocycles. The Balaban J connectivity index is 2.35. The molecule has 0 heterocycles. The molecule has 14 heavy (non-hydrogen) atoms. The van der Waals surface area contributed by atoms with E-state index >= 15 is 0 Å². The zero-order valence-electron chi connectivity index (χ0n) is 7.77. The van der Waals surface area contributed by atoms with Crippen LogP contribution in [0.3, 0.4) is 0 Å².